The maximum absolute atomic E-state index is 12.7. The Morgan fingerprint density at radius 1 is 1.23 bits per heavy atom. The minimum atomic E-state index is 0.182. The van der Waals surface area contributed by atoms with Crippen molar-refractivity contribution in [1.82, 2.24) is 9.88 Å². The van der Waals surface area contributed by atoms with E-state index < -0.39 is 0 Å². The quantitative estimate of drug-likeness (QED) is 0.778. The van der Waals surface area contributed by atoms with Gasteiger partial charge in [-0.25, -0.2) is 4.98 Å². The molecule has 0 N–H and O–H groups in total. The molecule has 3 aliphatic rings. The molecule has 3 heterocycles. The Hall–Kier alpha value is -1.88. The molecule has 1 amide bonds. The summed E-state index contributed by atoms with van der Waals surface area (Å²) in [4.78, 5) is 19.0. The molecule has 4 rings (SSSR count). The minimum Gasteiger partial charge on any atom is -0.477 e. The fourth-order valence-corrected chi connectivity index (χ4v) is 4.63. The lowest BCUT2D eigenvalue weighted by Gasteiger charge is -2.49. The van der Waals surface area contributed by atoms with Crippen LogP contribution in [0.15, 0.2) is 36.5 Å². The Bertz CT molecular complexity index is 630. The van der Waals surface area contributed by atoms with Crippen molar-refractivity contribution in [3.05, 3.63) is 36.5 Å². The van der Waals surface area contributed by atoms with Crippen molar-refractivity contribution in [3.63, 3.8) is 0 Å². The number of nitrogens with zero attached hydrogens (tertiary/aromatic N) is 2. The molecule has 0 saturated carbocycles. The topological polar surface area (TPSA) is 51.7 Å². The first kappa shape index (κ1) is 17.5. The second-order valence-corrected chi connectivity index (χ2v) is 7.83. The number of hydrogen-bond acceptors (Lipinski definition) is 4. The zero-order valence-electron chi connectivity index (χ0n) is 15.3. The predicted octanol–water partition coefficient (Wildman–Crippen LogP) is 3.07. The Labute approximate surface area is 155 Å². The summed E-state index contributed by atoms with van der Waals surface area (Å²) in [6.45, 7) is 3.94. The summed E-state index contributed by atoms with van der Waals surface area (Å²) in [6, 6.07) is 5.73. The van der Waals surface area contributed by atoms with Gasteiger partial charge in [0.1, 0.15) is 0 Å². The molecule has 1 aromatic rings. The van der Waals surface area contributed by atoms with Gasteiger partial charge in [0, 0.05) is 43.8 Å². The van der Waals surface area contributed by atoms with Gasteiger partial charge < -0.3 is 14.4 Å². The van der Waals surface area contributed by atoms with Crippen molar-refractivity contribution in [2.45, 2.75) is 32.1 Å². The van der Waals surface area contributed by atoms with E-state index in [1.54, 1.807) is 6.20 Å². The van der Waals surface area contributed by atoms with Gasteiger partial charge in [-0.15, -0.1) is 0 Å². The Balaban J connectivity index is 1.36. The van der Waals surface area contributed by atoms with Crippen LogP contribution in [-0.4, -0.2) is 48.7 Å². The van der Waals surface area contributed by atoms with Crippen molar-refractivity contribution < 1.29 is 14.3 Å². The van der Waals surface area contributed by atoms with Gasteiger partial charge in [-0.1, -0.05) is 18.2 Å². The average molecular weight is 356 g/mol. The molecule has 1 spiro atoms. The third-order valence-electron chi connectivity index (χ3n) is 6.43. The number of aromatic nitrogens is 1. The molecule has 0 aromatic carbocycles. The monoisotopic (exact) mass is 356 g/mol. The average Bonchev–Trinajstić information content (AvgIpc) is 3.23. The van der Waals surface area contributed by atoms with Crippen LogP contribution in [0.1, 0.15) is 32.1 Å². The van der Waals surface area contributed by atoms with Gasteiger partial charge >= 0.3 is 0 Å². The van der Waals surface area contributed by atoms with Crippen LogP contribution >= 0.6 is 0 Å². The van der Waals surface area contributed by atoms with E-state index in [4.69, 9.17) is 9.47 Å². The third-order valence-corrected chi connectivity index (χ3v) is 6.43. The van der Waals surface area contributed by atoms with Crippen LogP contribution in [0.2, 0.25) is 0 Å². The first-order chi connectivity index (χ1) is 12.8. The van der Waals surface area contributed by atoms with Gasteiger partial charge in [-0.3, -0.25) is 4.79 Å². The van der Waals surface area contributed by atoms with Crippen LogP contribution in [0.3, 0.4) is 0 Å². The van der Waals surface area contributed by atoms with E-state index in [1.165, 1.54) is 0 Å². The van der Waals surface area contributed by atoms with Gasteiger partial charge in [0.05, 0.1) is 13.2 Å². The Morgan fingerprint density at radius 3 is 2.77 bits per heavy atom. The number of carbonyl (C=O) groups excluding carboxylic acids is 1. The molecule has 2 saturated heterocycles. The van der Waals surface area contributed by atoms with Gasteiger partial charge in [0.25, 0.3) is 0 Å². The van der Waals surface area contributed by atoms with Crippen LogP contribution in [-0.2, 0) is 9.53 Å². The highest BCUT2D eigenvalue weighted by molar-refractivity contribution is 5.79. The molecule has 1 aromatic heterocycles. The summed E-state index contributed by atoms with van der Waals surface area (Å²) in [5.41, 5.74) is 0.234. The minimum absolute atomic E-state index is 0.182. The van der Waals surface area contributed by atoms with Gasteiger partial charge in [-0.05, 0) is 43.6 Å². The van der Waals surface area contributed by atoms with Crippen molar-refractivity contribution in [1.29, 1.82) is 0 Å². The molecular weight excluding hydrogens is 328 g/mol. The molecule has 26 heavy (non-hydrogen) atoms. The van der Waals surface area contributed by atoms with E-state index in [1.807, 2.05) is 18.2 Å². The van der Waals surface area contributed by atoms with Crippen LogP contribution in [0.25, 0.3) is 0 Å². The van der Waals surface area contributed by atoms with Crippen molar-refractivity contribution in [2.24, 2.45) is 17.3 Å². The number of ether oxygens (including phenoxy) is 2. The maximum atomic E-state index is 12.7. The molecule has 0 bridgehead atoms. The van der Waals surface area contributed by atoms with E-state index >= 15 is 0 Å². The summed E-state index contributed by atoms with van der Waals surface area (Å²) >= 11 is 0. The van der Waals surface area contributed by atoms with Crippen LogP contribution in [0.4, 0.5) is 0 Å². The molecule has 2 fully saturated rings. The number of carbonyl (C=O) groups is 1. The SMILES string of the molecule is O=C(C1CC=CC1)N1CCC2(CCOC[C@H]2COc2ccccn2)CC1. The fourth-order valence-electron chi connectivity index (χ4n) is 4.63. The largest absolute Gasteiger partial charge is 0.477 e. The Kier molecular flexibility index (Phi) is 5.25. The fraction of sp³-hybridized carbons (Fsp3) is 0.619. The summed E-state index contributed by atoms with van der Waals surface area (Å²) in [5, 5.41) is 0. The molecule has 5 nitrogen and oxygen atoms in total. The maximum Gasteiger partial charge on any atom is 0.226 e. The lowest BCUT2D eigenvalue weighted by Crippen LogP contribution is -2.51. The normalized spacial score (nSPS) is 25.5. The van der Waals surface area contributed by atoms with Crippen LogP contribution < -0.4 is 4.74 Å². The highest BCUT2D eigenvalue weighted by atomic mass is 16.5. The van der Waals surface area contributed by atoms with E-state index in [0.717, 1.165) is 58.4 Å². The lowest BCUT2D eigenvalue weighted by atomic mass is 9.66. The zero-order valence-corrected chi connectivity index (χ0v) is 15.3. The highest BCUT2D eigenvalue weighted by Crippen LogP contribution is 2.45. The number of allylic oxidation sites excluding steroid dienone is 2. The summed E-state index contributed by atoms with van der Waals surface area (Å²) in [6.07, 6.45) is 11.0. The van der Waals surface area contributed by atoms with Gasteiger partial charge in [0.15, 0.2) is 0 Å². The summed E-state index contributed by atoms with van der Waals surface area (Å²) in [7, 11) is 0. The first-order valence-corrected chi connectivity index (χ1v) is 9.82. The van der Waals surface area contributed by atoms with E-state index in [0.29, 0.717) is 24.3 Å². The second kappa shape index (κ2) is 7.78. The highest BCUT2D eigenvalue weighted by Gasteiger charge is 2.45. The first-order valence-electron chi connectivity index (χ1n) is 9.82. The number of piperidine rings is 1. The second-order valence-electron chi connectivity index (χ2n) is 7.83. The molecule has 5 heteroatoms. The molecule has 0 unspecified atom stereocenters. The summed E-state index contributed by atoms with van der Waals surface area (Å²) < 4.78 is 11.7. The number of hydrogen-bond donors (Lipinski definition) is 0. The van der Waals surface area contributed by atoms with E-state index in [2.05, 4.69) is 22.0 Å². The molecule has 140 valence electrons. The smallest absolute Gasteiger partial charge is 0.226 e. The van der Waals surface area contributed by atoms with Gasteiger partial charge in [-0.2, -0.15) is 0 Å². The molecule has 1 aliphatic carbocycles. The number of amides is 1. The van der Waals surface area contributed by atoms with Crippen LogP contribution in [0.5, 0.6) is 5.88 Å². The molecule has 1 atom stereocenters. The molecule has 2 aliphatic heterocycles. The third kappa shape index (κ3) is 3.63. The Morgan fingerprint density at radius 2 is 2.04 bits per heavy atom. The number of rotatable bonds is 4. The molecule has 0 radical (unpaired) electrons. The van der Waals surface area contributed by atoms with Gasteiger partial charge in [0.2, 0.25) is 11.8 Å². The van der Waals surface area contributed by atoms with E-state index in [9.17, 15) is 4.79 Å². The lowest BCUT2D eigenvalue weighted by molar-refractivity contribution is -0.141. The van der Waals surface area contributed by atoms with Crippen molar-refractivity contribution >= 4 is 5.91 Å². The zero-order chi connectivity index (χ0) is 17.8. The predicted molar refractivity (Wildman–Crippen MR) is 98.8 cm³/mol. The standard InChI is InChI=1S/C21H28N2O3/c24-20(17-5-1-2-6-17)23-12-8-21(9-13-23)10-14-25-15-18(21)16-26-19-7-3-4-11-22-19/h1-4,7,11,17-18H,5-6,8-10,12-16H2/t18-/m0/s1. The van der Waals surface area contributed by atoms with E-state index in [-0.39, 0.29) is 11.3 Å². The number of likely N-dealkylation sites (tertiary alicyclic amines) is 1. The van der Waals surface area contributed by atoms with Crippen molar-refractivity contribution in [3.8, 4) is 5.88 Å². The van der Waals surface area contributed by atoms with Crippen molar-refractivity contribution in [2.75, 3.05) is 32.9 Å². The summed E-state index contributed by atoms with van der Waals surface area (Å²) in [5.74, 6) is 1.57. The molecular formula is C21H28N2O3. The number of pyridine rings is 1. The van der Waals surface area contributed by atoms with Crippen LogP contribution in [0, 0.1) is 17.3 Å².